The summed E-state index contributed by atoms with van der Waals surface area (Å²) in [7, 11) is 2.08. The second kappa shape index (κ2) is 10.5. The molecular weight excluding hydrogens is 354 g/mol. The third kappa shape index (κ3) is 6.87. The first-order valence-corrected chi connectivity index (χ1v) is 9.96. The van der Waals surface area contributed by atoms with Crippen molar-refractivity contribution in [2.75, 3.05) is 33.3 Å². The Morgan fingerprint density at radius 2 is 1.93 bits per heavy atom. The number of nitrogens with zero attached hydrogens (tertiary/aromatic N) is 3. The van der Waals surface area contributed by atoms with Crippen LogP contribution in [0.4, 0.5) is 0 Å². The van der Waals surface area contributed by atoms with Gasteiger partial charge in [-0.1, -0.05) is 18.2 Å². The fraction of sp³-hybridized carbons (Fsp3) is 0.500. The van der Waals surface area contributed by atoms with Gasteiger partial charge in [-0.25, -0.2) is 0 Å². The van der Waals surface area contributed by atoms with Gasteiger partial charge in [-0.05, 0) is 49.2 Å². The number of ether oxygens (including phenoxy) is 1. The Hall–Kier alpha value is -1.99. The van der Waals surface area contributed by atoms with E-state index in [1.807, 2.05) is 30.5 Å². The normalized spacial score (nSPS) is 17.0. The van der Waals surface area contributed by atoms with E-state index in [9.17, 15) is 10.2 Å². The topological polar surface area (TPSA) is 69.1 Å². The average Bonchev–Trinajstić information content (AvgIpc) is 2.69. The predicted molar refractivity (Wildman–Crippen MR) is 109 cm³/mol. The Bertz CT molecular complexity index is 705. The van der Waals surface area contributed by atoms with E-state index in [2.05, 4.69) is 34.0 Å². The van der Waals surface area contributed by atoms with E-state index in [0.29, 0.717) is 6.54 Å². The maximum atomic E-state index is 10.3. The van der Waals surface area contributed by atoms with Crippen LogP contribution in [0.25, 0.3) is 0 Å². The van der Waals surface area contributed by atoms with Crippen molar-refractivity contribution in [1.82, 2.24) is 14.8 Å². The number of pyridine rings is 1. The van der Waals surface area contributed by atoms with Crippen LogP contribution in [0.3, 0.4) is 0 Å². The summed E-state index contributed by atoms with van der Waals surface area (Å²) in [6.45, 7) is 4.16. The zero-order valence-electron chi connectivity index (χ0n) is 16.6. The first kappa shape index (κ1) is 20.7. The van der Waals surface area contributed by atoms with E-state index < -0.39 is 6.10 Å². The van der Waals surface area contributed by atoms with Crippen LogP contribution < -0.4 is 4.74 Å². The summed E-state index contributed by atoms with van der Waals surface area (Å²) in [5.41, 5.74) is 2.36. The van der Waals surface area contributed by atoms with Crippen LogP contribution in [0.2, 0.25) is 0 Å². The number of hydrogen-bond acceptors (Lipinski definition) is 6. The van der Waals surface area contributed by atoms with Gasteiger partial charge in [0.25, 0.3) is 0 Å². The van der Waals surface area contributed by atoms with Crippen molar-refractivity contribution < 1.29 is 14.9 Å². The summed E-state index contributed by atoms with van der Waals surface area (Å²) in [5, 5.41) is 19.8. The largest absolute Gasteiger partial charge is 0.491 e. The van der Waals surface area contributed by atoms with Gasteiger partial charge in [0.15, 0.2) is 0 Å². The Balaban J connectivity index is 1.43. The van der Waals surface area contributed by atoms with Crippen molar-refractivity contribution in [3.8, 4) is 5.75 Å². The predicted octanol–water partition coefficient (Wildman–Crippen LogP) is 1.91. The summed E-state index contributed by atoms with van der Waals surface area (Å²) in [6.07, 6.45) is 4.51. The quantitative estimate of drug-likeness (QED) is 0.687. The maximum Gasteiger partial charge on any atom is 0.119 e. The molecule has 0 spiro atoms. The van der Waals surface area contributed by atoms with E-state index in [-0.39, 0.29) is 12.7 Å². The number of benzene rings is 1. The lowest BCUT2D eigenvalue weighted by Gasteiger charge is -2.30. The van der Waals surface area contributed by atoms with Crippen LogP contribution in [0.5, 0.6) is 5.75 Å². The molecule has 1 aromatic carbocycles. The molecule has 2 heterocycles. The molecule has 1 aliphatic heterocycles. The molecular formula is C22H31N3O3. The zero-order chi connectivity index (χ0) is 19.8. The molecule has 6 heteroatoms. The number of hydrogen-bond donors (Lipinski definition) is 2. The first-order valence-electron chi connectivity index (χ1n) is 9.96. The number of β-amino-alcohol motifs (C(OH)–C–C–N with tert-alkyl or cyclic N) is 1. The molecule has 0 radical (unpaired) electrons. The summed E-state index contributed by atoms with van der Waals surface area (Å²) in [4.78, 5) is 8.58. The third-order valence-corrected chi connectivity index (χ3v) is 4.99. The lowest BCUT2D eigenvalue weighted by atomic mass is 10.1. The van der Waals surface area contributed by atoms with Gasteiger partial charge >= 0.3 is 0 Å². The molecule has 1 atom stereocenters. The summed E-state index contributed by atoms with van der Waals surface area (Å²) in [5.74, 6) is 0.778. The lowest BCUT2D eigenvalue weighted by Crippen LogP contribution is -2.41. The molecule has 1 aromatic heterocycles. The Morgan fingerprint density at radius 1 is 1.18 bits per heavy atom. The van der Waals surface area contributed by atoms with Gasteiger partial charge in [0.05, 0.1) is 6.10 Å². The molecule has 0 aliphatic carbocycles. The fourth-order valence-corrected chi connectivity index (χ4v) is 3.55. The highest BCUT2D eigenvalue weighted by molar-refractivity contribution is 5.28. The van der Waals surface area contributed by atoms with Crippen LogP contribution >= 0.6 is 0 Å². The molecule has 0 saturated carbocycles. The van der Waals surface area contributed by atoms with Crippen molar-refractivity contribution in [3.05, 3.63) is 59.9 Å². The van der Waals surface area contributed by atoms with Gasteiger partial charge in [-0.2, -0.15) is 0 Å². The van der Waals surface area contributed by atoms with Crippen molar-refractivity contribution in [1.29, 1.82) is 0 Å². The number of likely N-dealkylation sites (tertiary alicyclic amines) is 1. The zero-order valence-corrected chi connectivity index (χ0v) is 16.6. The number of aliphatic hydroxyl groups is 2. The minimum atomic E-state index is -0.535. The van der Waals surface area contributed by atoms with Gasteiger partial charge in [-0.3, -0.25) is 9.88 Å². The number of aromatic nitrogens is 1. The summed E-state index contributed by atoms with van der Waals surface area (Å²) in [6, 6.07) is 12.1. The Kier molecular flexibility index (Phi) is 7.80. The highest BCUT2D eigenvalue weighted by Gasteiger charge is 2.19. The van der Waals surface area contributed by atoms with E-state index in [0.717, 1.165) is 44.8 Å². The average molecular weight is 386 g/mol. The van der Waals surface area contributed by atoms with E-state index in [1.165, 1.54) is 11.1 Å². The molecule has 0 amide bonds. The summed E-state index contributed by atoms with van der Waals surface area (Å²) >= 11 is 0. The lowest BCUT2D eigenvalue weighted by molar-refractivity contribution is 0.0337. The molecule has 0 bridgehead atoms. The Morgan fingerprint density at radius 3 is 2.68 bits per heavy atom. The van der Waals surface area contributed by atoms with Crippen LogP contribution in [0.1, 0.15) is 24.0 Å². The smallest absolute Gasteiger partial charge is 0.119 e. The fourth-order valence-electron chi connectivity index (χ4n) is 3.55. The van der Waals surface area contributed by atoms with Crippen LogP contribution in [-0.2, 0) is 13.1 Å². The minimum absolute atomic E-state index is 0.191. The Labute approximate surface area is 167 Å². The molecule has 28 heavy (non-hydrogen) atoms. The van der Waals surface area contributed by atoms with Gasteiger partial charge in [0.2, 0.25) is 0 Å². The molecule has 6 nitrogen and oxygen atoms in total. The second-order valence-electron chi connectivity index (χ2n) is 7.68. The number of aliphatic hydroxyl groups excluding tert-OH is 2. The van der Waals surface area contributed by atoms with Gasteiger partial charge in [0, 0.05) is 45.1 Å². The molecule has 1 unspecified atom stereocenters. The van der Waals surface area contributed by atoms with E-state index in [1.54, 1.807) is 6.20 Å². The van der Waals surface area contributed by atoms with Crippen molar-refractivity contribution in [3.63, 3.8) is 0 Å². The van der Waals surface area contributed by atoms with Crippen LogP contribution in [0, 0.1) is 0 Å². The first-order chi connectivity index (χ1) is 13.6. The van der Waals surface area contributed by atoms with E-state index >= 15 is 0 Å². The van der Waals surface area contributed by atoms with Crippen molar-refractivity contribution in [2.24, 2.45) is 0 Å². The molecule has 2 N–H and O–H groups in total. The maximum absolute atomic E-state index is 10.3. The highest BCUT2D eigenvalue weighted by Crippen LogP contribution is 2.16. The highest BCUT2D eigenvalue weighted by atomic mass is 16.5. The SMILES string of the molecule is CN(Cc1cccnc1)Cc1cccc(OCC(O)CN2CCC(O)CC2)c1. The van der Waals surface area contributed by atoms with Crippen molar-refractivity contribution in [2.45, 2.75) is 38.1 Å². The summed E-state index contributed by atoms with van der Waals surface area (Å²) < 4.78 is 5.82. The van der Waals surface area contributed by atoms with Gasteiger partial charge in [-0.15, -0.1) is 0 Å². The molecule has 1 fully saturated rings. The van der Waals surface area contributed by atoms with E-state index in [4.69, 9.17) is 4.74 Å². The molecule has 1 saturated heterocycles. The second-order valence-corrected chi connectivity index (χ2v) is 7.68. The standard InChI is InChI=1S/C22H31N3O3/c1-24(15-19-5-3-9-23-13-19)14-18-4-2-6-22(12-18)28-17-21(27)16-25-10-7-20(26)8-11-25/h2-6,9,12-13,20-21,26-27H,7-8,10-11,14-17H2,1H3. The molecule has 152 valence electrons. The molecule has 1 aliphatic rings. The molecule has 2 aromatic rings. The van der Waals surface area contributed by atoms with Crippen molar-refractivity contribution >= 4 is 0 Å². The van der Waals surface area contributed by atoms with Crippen LogP contribution in [0.15, 0.2) is 48.8 Å². The number of piperidine rings is 1. The molecule has 3 rings (SSSR count). The number of rotatable bonds is 9. The minimum Gasteiger partial charge on any atom is -0.491 e. The van der Waals surface area contributed by atoms with Gasteiger partial charge in [0.1, 0.15) is 18.5 Å². The van der Waals surface area contributed by atoms with Gasteiger partial charge < -0.3 is 19.8 Å². The monoisotopic (exact) mass is 385 g/mol. The van der Waals surface area contributed by atoms with Crippen LogP contribution in [-0.4, -0.2) is 70.5 Å². The third-order valence-electron chi connectivity index (χ3n) is 4.99.